The van der Waals surface area contributed by atoms with Crippen LogP contribution in [0.3, 0.4) is 0 Å². The first-order valence-corrected chi connectivity index (χ1v) is 9.08. The van der Waals surface area contributed by atoms with Crippen LogP contribution in [0.5, 0.6) is 0 Å². The van der Waals surface area contributed by atoms with Gasteiger partial charge < -0.3 is 11.1 Å². The number of benzene rings is 1. The van der Waals surface area contributed by atoms with E-state index in [1.54, 1.807) is 6.20 Å². The number of likely N-dealkylation sites (tertiary alicyclic amines) is 1. The van der Waals surface area contributed by atoms with Crippen molar-refractivity contribution in [3.05, 3.63) is 53.9 Å². The Hall–Kier alpha value is -2.34. The van der Waals surface area contributed by atoms with E-state index in [9.17, 15) is 0 Å². The normalized spacial score (nSPS) is 18.6. The Morgan fingerprint density at radius 2 is 2.16 bits per heavy atom. The van der Waals surface area contributed by atoms with Crippen molar-refractivity contribution in [2.45, 2.75) is 38.9 Å². The molecule has 2 heterocycles. The van der Waals surface area contributed by atoms with E-state index in [0.29, 0.717) is 18.5 Å². The van der Waals surface area contributed by atoms with Crippen LogP contribution in [0.4, 0.5) is 0 Å². The minimum Gasteiger partial charge on any atom is -0.370 e. The molecule has 1 aliphatic rings. The summed E-state index contributed by atoms with van der Waals surface area (Å²) >= 11 is 0. The fraction of sp³-hybridized carbons (Fsp3) is 0.474. The van der Waals surface area contributed by atoms with Crippen molar-refractivity contribution in [2.75, 3.05) is 19.6 Å². The van der Waals surface area contributed by atoms with Gasteiger partial charge in [-0.15, -0.1) is 0 Å². The summed E-state index contributed by atoms with van der Waals surface area (Å²) in [7, 11) is 0. The molecule has 0 amide bonds. The van der Waals surface area contributed by atoms with Crippen molar-refractivity contribution in [3.8, 4) is 0 Å². The van der Waals surface area contributed by atoms with Gasteiger partial charge in [-0.3, -0.25) is 9.58 Å². The highest BCUT2D eigenvalue weighted by atomic mass is 15.3. The molecule has 0 aliphatic carbocycles. The van der Waals surface area contributed by atoms with Crippen LogP contribution in [0, 0.1) is 0 Å². The van der Waals surface area contributed by atoms with E-state index in [1.807, 2.05) is 29.1 Å². The van der Waals surface area contributed by atoms with Crippen molar-refractivity contribution >= 4 is 5.96 Å². The second-order valence-corrected chi connectivity index (χ2v) is 6.48. The van der Waals surface area contributed by atoms with Gasteiger partial charge in [0.2, 0.25) is 0 Å². The van der Waals surface area contributed by atoms with Crippen LogP contribution in [0.1, 0.15) is 30.9 Å². The minimum absolute atomic E-state index is 0.525. The molecule has 2 aromatic rings. The number of hydrogen-bond acceptors (Lipinski definition) is 3. The third-order valence-corrected chi connectivity index (χ3v) is 4.85. The molecule has 0 bridgehead atoms. The Kier molecular flexibility index (Phi) is 6.06. The van der Waals surface area contributed by atoms with E-state index in [1.165, 1.54) is 30.5 Å². The van der Waals surface area contributed by atoms with Gasteiger partial charge >= 0.3 is 0 Å². The Morgan fingerprint density at radius 3 is 2.92 bits per heavy atom. The first-order chi connectivity index (χ1) is 12.3. The number of nitrogens with two attached hydrogens (primary N) is 1. The summed E-state index contributed by atoms with van der Waals surface area (Å²) in [4.78, 5) is 7.03. The van der Waals surface area contributed by atoms with Crippen molar-refractivity contribution in [1.29, 1.82) is 0 Å². The molecule has 3 rings (SSSR count). The molecule has 0 saturated carbocycles. The van der Waals surface area contributed by atoms with Gasteiger partial charge in [0.25, 0.3) is 0 Å². The highest BCUT2D eigenvalue weighted by Gasteiger charge is 2.22. The Morgan fingerprint density at radius 1 is 1.32 bits per heavy atom. The number of nitrogens with zero attached hydrogens (tertiary/aromatic N) is 4. The van der Waals surface area contributed by atoms with E-state index in [2.05, 4.69) is 39.4 Å². The van der Waals surface area contributed by atoms with Crippen LogP contribution >= 0.6 is 0 Å². The topological polar surface area (TPSA) is 71.5 Å². The highest BCUT2D eigenvalue weighted by molar-refractivity contribution is 5.77. The van der Waals surface area contributed by atoms with Crippen molar-refractivity contribution in [3.63, 3.8) is 0 Å². The zero-order chi connectivity index (χ0) is 17.5. The van der Waals surface area contributed by atoms with Gasteiger partial charge in [0, 0.05) is 25.0 Å². The van der Waals surface area contributed by atoms with E-state index in [-0.39, 0.29) is 0 Å². The Balaban J connectivity index is 1.56. The van der Waals surface area contributed by atoms with Crippen LogP contribution in [-0.2, 0) is 13.1 Å². The molecule has 0 radical (unpaired) electrons. The lowest BCUT2D eigenvalue weighted by atomic mass is 10.1. The summed E-state index contributed by atoms with van der Waals surface area (Å²) in [5.41, 5.74) is 8.47. The highest BCUT2D eigenvalue weighted by Crippen LogP contribution is 2.15. The molecule has 6 nitrogen and oxygen atoms in total. The number of hydrogen-bond donors (Lipinski definition) is 2. The predicted molar refractivity (Wildman–Crippen MR) is 101 cm³/mol. The molecule has 0 spiro atoms. The number of aromatic nitrogens is 2. The average Bonchev–Trinajstić information content (AvgIpc) is 3.30. The fourth-order valence-corrected chi connectivity index (χ4v) is 3.43. The fourth-order valence-electron chi connectivity index (χ4n) is 3.43. The number of likely N-dealkylation sites (N-methyl/N-ethyl adjacent to an activating group) is 1. The van der Waals surface area contributed by atoms with Crippen LogP contribution < -0.4 is 11.1 Å². The van der Waals surface area contributed by atoms with E-state index in [0.717, 1.165) is 19.6 Å². The quantitative estimate of drug-likeness (QED) is 0.596. The summed E-state index contributed by atoms with van der Waals surface area (Å²) in [5.74, 6) is 0.525. The SMILES string of the molecule is CCN1CCCC1CNC(N)=NCc1ccccc1Cn1cccn1. The predicted octanol–water partition coefficient (Wildman–Crippen LogP) is 1.82. The lowest BCUT2D eigenvalue weighted by Crippen LogP contribution is -2.42. The third kappa shape index (κ3) is 4.82. The molecular weight excluding hydrogens is 312 g/mol. The zero-order valence-electron chi connectivity index (χ0n) is 14.9. The molecule has 1 aromatic heterocycles. The molecule has 1 saturated heterocycles. The monoisotopic (exact) mass is 340 g/mol. The van der Waals surface area contributed by atoms with Gasteiger partial charge in [0.1, 0.15) is 0 Å². The molecule has 1 aliphatic heterocycles. The molecule has 25 heavy (non-hydrogen) atoms. The van der Waals surface area contributed by atoms with Crippen molar-refractivity contribution in [2.24, 2.45) is 10.7 Å². The maximum absolute atomic E-state index is 6.08. The summed E-state index contributed by atoms with van der Waals surface area (Å²) in [6, 6.07) is 10.8. The Labute approximate surface area is 149 Å². The second-order valence-electron chi connectivity index (χ2n) is 6.48. The van der Waals surface area contributed by atoms with Gasteiger partial charge in [-0.25, -0.2) is 4.99 Å². The minimum atomic E-state index is 0.525. The van der Waals surface area contributed by atoms with Crippen LogP contribution in [0.25, 0.3) is 0 Å². The lowest BCUT2D eigenvalue weighted by Gasteiger charge is -2.23. The van der Waals surface area contributed by atoms with Crippen LogP contribution in [-0.4, -0.2) is 46.3 Å². The molecule has 3 N–H and O–H groups in total. The molecule has 6 heteroatoms. The number of aliphatic imine (C=N–C) groups is 1. The molecular formula is C19H28N6. The summed E-state index contributed by atoms with van der Waals surface area (Å²) in [6.07, 6.45) is 6.28. The van der Waals surface area contributed by atoms with E-state index >= 15 is 0 Å². The van der Waals surface area contributed by atoms with Crippen LogP contribution in [0.2, 0.25) is 0 Å². The Bertz CT molecular complexity index is 679. The van der Waals surface area contributed by atoms with E-state index in [4.69, 9.17) is 5.73 Å². The number of nitrogens with one attached hydrogen (secondary N) is 1. The average molecular weight is 340 g/mol. The zero-order valence-corrected chi connectivity index (χ0v) is 14.9. The van der Waals surface area contributed by atoms with Gasteiger partial charge in [-0.2, -0.15) is 5.10 Å². The summed E-state index contributed by atoms with van der Waals surface area (Å²) < 4.78 is 1.92. The third-order valence-electron chi connectivity index (χ3n) is 4.85. The summed E-state index contributed by atoms with van der Waals surface area (Å²) in [5, 5.41) is 7.57. The number of guanidine groups is 1. The van der Waals surface area contributed by atoms with Crippen molar-refractivity contribution < 1.29 is 0 Å². The van der Waals surface area contributed by atoms with E-state index < -0.39 is 0 Å². The molecule has 1 fully saturated rings. The second kappa shape index (κ2) is 8.67. The largest absolute Gasteiger partial charge is 0.370 e. The molecule has 1 aromatic carbocycles. The first kappa shape index (κ1) is 17.5. The van der Waals surface area contributed by atoms with Gasteiger partial charge in [0.05, 0.1) is 13.1 Å². The summed E-state index contributed by atoms with van der Waals surface area (Å²) in [6.45, 7) is 6.72. The van der Waals surface area contributed by atoms with Gasteiger partial charge in [0.15, 0.2) is 5.96 Å². The molecule has 134 valence electrons. The first-order valence-electron chi connectivity index (χ1n) is 9.08. The van der Waals surface area contributed by atoms with Gasteiger partial charge in [-0.05, 0) is 43.1 Å². The standard InChI is InChI=1S/C19H28N6/c1-2-24-11-5-9-18(24)14-22-19(20)21-13-16-7-3-4-8-17(16)15-25-12-6-10-23-25/h3-4,6-8,10,12,18H,2,5,9,11,13-15H2,1H3,(H3,20,21,22). The van der Waals surface area contributed by atoms with Crippen molar-refractivity contribution in [1.82, 2.24) is 20.0 Å². The smallest absolute Gasteiger partial charge is 0.188 e. The van der Waals surface area contributed by atoms with Gasteiger partial charge in [-0.1, -0.05) is 31.2 Å². The maximum atomic E-state index is 6.08. The molecule has 1 atom stereocenters. The maximum Gasteiger partial charge on any atom is 0.188 e. The molecule has 1 unspecified atom stereocenters. The number of rotatable bonds is 7. The lowest BCUT2D eigenvalue weighted by molar-refractivity contribution is 0.267. The van der Waals surface area contributed by atoms with Crippen LogP contribution in [0.15, 0.2) is 47.7 Å².